The Balaban J connectivity index is 3.32. The quantitative estimate of drug-likeness (QED) is 0.0320. The number of hydrogen-bond acceptors (Lipinski definition) is 5. The summed E-state index contributed by atoms with van der Waals surface area (Å²) in [7, 11) is 0. The highest BCUT2D eigenvalue weighted by Crippen LogP contribution is 2.20. The summed E-state index contributed by atoms with van der Waals surface area (Å²) in [5, 5.41) is 23.2. The number of allylic oxidation sites excluding steroid dienone is 5. The van der Waals surface area contributed by atoms with Crippen LogP contribution in [0.25, 0.3) is 0 Å². The van der Waals surface area contributed by atoms with E-state index < -0.39 is 12.1 Å². The maximum absolute atomic E-state index is 12.5. The van der Waals surface area contributed by atoms with E-state index in [0.717, 1.165) is 51.4 Å². The zero-order valence-corrected chi connectivity index (χ0v) is 57.6. The lowest BCUT2D eigenvalue weighted by Gasteiger charge is -2.20. The number of aliphatic hydroxyl groups excluding tert-OH is 2. The molecule has 0 radical (unpaired) electrons. The highest BCUT2D eigenvalue weighted by atomic mass is 16.5. The van der Waals surface area contributed by atoms with Gasteiger partial charge in [0.1, 0.15) is 0 Å². The van der Waals surface area contributed by atoms with Gasteiger partial charge in [0, 0.05) is 12.8 Å². The third-order valence-corrected chi connectivity index (χ3v) is 18.2. The summed E-state index contributed by atoms with van der Waals surface area (Å²) in [5.74, 6) is -0.0499. The van der Waals surface area contributed by atoms with Gasteiger partial charge >= 0.3 is 5.97 Å². The zero-order valence-electron chi connectivity index (χ0n) is 57.6. The van der Waals surface area contributed by atoms with Gasteiger partial charge in [0.2, 0.25) is 5.91 Å². The molecule has 0 spiro atoms. The van der Waals surface area contributed by atoms with Crippen molar-refractivity contribution in [1.82, 2.24) is 5.32 Å². The molecule has 0 aromatic carbocycles. The van der Waals surface area contributed by atoms with Crippen molar-refractivity contribution >= 4 is 11.9 Å². The van der Waals surface area contributed by atoms with Gasteiger partial charge in [-0.25, -0.2) is 0 Å². The van der Waals surface area contributed by atoms with Crippen LogP contribution in [-0.4, -0.2) is 47.4 Å². The Morgan fingerprint density at radius 3 is 0.929 bits per heavy atom. The summed E-state index contributed by atoms with van der Waals surface area (Å²) in [5.41, 5.74) is 0. The average molecular weight is 1200 g/mol. The largest absolute Gasteiger partial charge is 0.466 e. The third kappa shape index (κ3) is 71.0. The van der Waals surface area contributed by atoms with E-state index in [0.29, 0.717) is 19.4 Å². The lowest BCUT2D eigenvalue weighted by atomic mass is 10.0. The predicted octanol–water partition coefficient (Wildman–Crippen LogP) is 25.4. The fourth-order valence-electron chi connectivity index (χ4n) is 12.2. The van der Waals surface area contributed by atoms with Gasteiger partial charge in [0.25, 0.3) is 0 Å². The number of carbonyl (C=O) groups excluding carboxylic acids is 2. The van der Waals surface area contributed by atoms with Crippen LogP contribution < -0.4 is 5.32 Å². The highest BCUT2D eigenvalue weighted by Gasteiger charge is 2.18. The summed E-state index contributed by atoms with van der Waals surface area (Å²) in [6.45, 7) is 4.90. The van der Waals surface area contributed by atoms with Crippen LogP contribution in [0.4, 0.5) is 0 Å². The summed E-state index contributed by atoms with van der Waals surface area (Å²) < 4.78 is 5.49. The van der Waals surface area contributed by atoms with E-state index in [1.807, 2.05) is 6.08 Å². The van der Waals surface area contributed by atoms with Crippen molar-refractivity contribution < 1.29 is 24.5 Å². The first-order valence-corrected chi connectivity index (χ1v) is 38.8. The van der Waals surface area contributed by atoms with Crippen molar-refractivity contribution in [3.05, 3.63) is 36.5 Å². The molecule has 0 bridgehead atoms. The van der Waals surface area contributed by atoms with E-state index in [1.54, 1.807) is 6.08 Å². The number of esters is 1. The summed E-state index contributed by atoms with van der Waals surface area (Å²) >= 11 is 0. The molecule has 0 saturated heterocycles. The van der Waals surface area contributed by atoms with Crippen molar-refractivity contribution in [2.45, 2.75) is 443 Å². The molecule has 0 fully saturated rings. The number of hydrogen-bond donors (Lipinski definition) is 3. The predicted molar refractivity (Wildman–Crippen MR) is 375 cm³/mol. The number of ether oxygens (including phenoxy) is 1. The van der Waals surface area contributed by atoms with Crippen molar-refractivity contribution in [3.8, 4) is 0 Å². The maximum atomic E-state index is 12.5. The van der Waals surface area contributed by atoms with Crippen molar-refractivity contribution in [2.75, 3.05) is 13.2 Å². The Morgan fingerprint density at radius 1 is 0.329 bits per heavy atom. The zero-order chi connectivity index (χ0) is 61.3. The fourth-order valence-corrected chi connectivity index (χ4v) is 12.2. The molecular weight excluding hydrogens is 1040 g/mol. The van der Waals surface area contributed by atoms with Crippen LogP contribution in [0.15, 0.2) is 36.5 Å². The normalized spacial score (nSPS) is 12.7. The average Bonchev–Trinajstić information content (AvgIpc) is 3.50. The Morgan fingerprint density at radius 2 is 0.600 bits per heavy atom. The van der Waals surface area contributed by atoms with E-state index in [-0.39, 0.29) is 18.5 Å². The second-order valence-corrected chi connectivity index (χ2v) is 26.7. The van der Waals surface area contributed by atoms with Gasteiger partial charge in [-0.15, -0.1) is 0 Å². The van der Waals surface area contributed by atoms with Crippen molar-refractivity contribution in [1.29, 1.82) is 0 Å². The van der Waals surface area contributed by atoms with Crippen LogP contribution in [0, 0.1) is 0 Å². The molecular formula is C79H151NO5. The van der Waals surface area contributed by atoms with Gasteiger partial charge in [-0.3, -0.25) is 9.59 Å². The first-order valence-electron chi connectivity index (χ1n) is 38.8. The number of amides is 1. The molecule has 0 aliphatic rings. The fraction of sp³-hybridized carbons (Fsp3) is 0.899. The highest BCUT2D eigenvalue weighted by molar-refractivity contribution is 5.76. The van der Waals surface area contributed by atoms with Crippen LogP contribution in [0.3, 0.4) is 0 Å². The number of carbonyl (C=O) groups is 2. The topological polar surface area (TPSA) is 95.9 Å². The third-order valence-electron chi connectivity index (χ3n) is 18.2. The van der Waals surface area contributed by atoms with Crippen LogP contribution in [0.1, 0.15) is 431 Å². The molecule has 3 N–H and O–H groups in total. The Hall–Kier alpha value is -1.92. The van der Waals surface area contributed by atoms with Gasteiger partial charge in [-0.05, 0) is 57.8 Å². The Bertz CT molecular complexity index is 1380. The van der Waals surface area contributed by atoms with Crippen molar-refractivity contribution in [2.24, 2.45) is 0 Å². The summed E-state index contributed by atoms with van der Waals surface area (Å²) in [6, 6.07) is -0.624. The molecule has 0 aliphatic heterocycles. The second-order valence-electron chi connectivity index (χ2n) is 26.7. The molecule has 1 amide bonds. The minimum Gasteiger partial charge on any atom is -0.466 e. The SMILES string of the molecule is CCCC/C=C\C/C=C\CCCCCCCC(=O)OCCCCCCCCCCCCCCCCCCCCCCCCCCCCCCCCCCCCCCCC(=O)NC(CO)C(O)/C=C/CCCCCCCCCCCCCCCCC. The molecule has 2 unspecified atom stereocenters. The molecule has 0 aromatic heterocycles. The Kier molecular flexibility index (Phi) is 72.9. The molecule has 0 aliphatic carbocycles. The Labute approximate surface area is 532 Å². The number of unbranched alkanes of at least 4 members (excludes halogenated alkanes) is 58. The lowest BCUT2D eigenvalue weighted by Crippen LogP contribution is -2.45. The molecule has 0 saturated carbocycles. The van der Waals surface area contributed by atoms with Gasteiger partial charge in [-0.2, -0.15) is 0 Å². The molecule has 0 rings (SSSR count). The van der Waals surface area contributed by atoms with Crippen LogP contribution in [-0.2, 0) is 14.3 Å². The van der Waals surface area contributed by atoms with Crippen LogP contribution in [0.5, 0.6) is 0 Å². The standard InChI is InChI=1S/C79H151NO5/c1-3-5-7-9-11-13-15-17-19-41-44-47-51-55-59-63-67-71-77(82)76(75-81)80-78(83)72-68-64-60-56-52-48-45-42-39-37-35-33-31-29-27-25-23-21-20-22-24-26-28-30-32-34-36-38-40-43-46-50-54-58-62-66-70-74-85-79(84)73-69-65-61-57-53-49-18-16-14-12-10-8-6-4-2/h10,12,16,18,67,71,76-77,81-82H,3-9,11,13-15,17,19-66,68-70,72-75H2,1-2H3,(H,80,83)/b12-10-,18-16-,71-67+. The van der Waals surface area contributed by atoms with Gasteiger partial charge < -0.3 is 20.3 Å². The summed E-state index contributed by atoms with van der Waals surface area (Å²) in [4.78, 5) is 24.6. The van der Waals surface area contributed by atoms with E-state index in [1.165, 1.54) is 353 Å². The monoisotopic (exact) mass is 1190 g/mol. The minimum absolute atomic E-state index is 0.00892. The molecule has 0 aromatic rings. The number of rotatable bonds is 73. The molecule has 502 valence electrons. The lowest BCUT2D eigenvalue weighted by molar-refractivity contribution is -0.143. The van der Waals surface area contributed by atoms with Crippen LogP contribution >= 0.6 is 0 Å². The molecule has 6 heteroatoms. The van der Waals surface area contributed by atoms with E-state index in [2.05, 4.69) is 43.5 Å². The number of nitrogens with one attached hydrogen (secondary N) is 1. The van der Waals surface area contributed by atoms with E-state index in [9.17, 15) is 19.8 Å². The molecule has 85 heavy (non-hydrogen) atoms. The van der Waals surface area contributed by atoms with Gasteiger partial charge in [-0.1, -0.05) is 397 Å². The van der Waals surface area contributed by atoms with E-state index >= 15 is 0 Å². The maximum Gasteiger partial charge on any atom is 0.305 e. The van der Waals surface area contributed by atoms with Crippen LogP contribution in [0.2, 0.25) is 0 Å². The second kappa shape index (κ2) is 74.5. The number of aliphatic hydroxyl groups is 2. The van der Waals surface area contributed by atoms with E-state index in [4.69, 9.17) is 4.74 Å². The molecule has 0 heterocycles. The minimum atomic E-state index is -0.841. The first kappa shape index (κ1) is 83.1. The van der Waals surface area contributed by atoms with Gasteiger partial charge in [0.05, 0.1) is 25.4 Å². The first-order chi connectivity index (χ1) is 42.0. The summed E-state index contributed by atoms with van der Waals surface area (Å²) in [6.07, 6.45) is 97.0. The smallest absolute Gasteiger partial charge is 0.305 e. The van der Waals surface area contributed by atoms with Crippen molar-refractivity contribution in [3.63, 3.8) is 0 Å². The van der Waals surface area contributed by atoms with Gasteiger partial charge in [0.15, 0.2) is 0 Å². The molecule has 2 atom stereocenters. The molecule has 6 nitrogen and oxygen atoms in total.